The van der Waals surface area contributed by atoms with Gasteiger partial charge in [0.25, 0.3) is 5.56 Å². The standard InChI is InChI=1S/C21H18FN3O3S/c1-21(2,3)28-18(26)12-29-20-24-17-10-13(11-23)4-9-16(17)19(27)25(20)15-7-5-14(22)6-8-15/h4-10H,12H2,1-3H3. The lowest BCUT2D eigenvalue weighted by atomic mass is 10.1. The van der Waals surface area contributed by atoms with E-state index in [1.165, 1.54) is 47.0 Å². The molecule has 0 N–H and O–H groups in total. The molecule has 0 aliphatic carbocycles. The van der Waals surface area contributed by atoms with Crippen LogP contribution in [0.25, 0.3) is 16.6 Å². The number of hydrogen-bond donors (Lipinski definition) is 0. The van der Waals surface area contributed by atoms with E-state index < -0.39 is 17.4 Å². The molecule has 0 fully saturated rings. The van der Waals surface area contributed by atoms with Gasteiger partial charge >= 0.3 is 5.97 Å². The number of rotatable bonds is 4. The van der Waals surface area contributed by atoms with Crippen LogP contribution in [0.5, 0.6) is 0 Å². The zero-order valence-electron chi connectivity index (χ0n) is 16.1. The van der Waals surface area contributed by atoms with Crippen molar-refractivity contribution in [3.8, 4) is 11.8 Å². The monoisotopic (exact) mass is 411 g/mol. The van der Waals surface area contributed by atoms with E-state index in [-0.39, 0.29) is 16.5 Å². The van der Waals surface area contributed by atoms with Crippen LogP contribution in [0.1, 0.15) is 26.3 Å². The molecule has 0 aliphatic rings. The minimum atomic E-state index is -0.632. The van der Waals surface area contributed by atoms with Crippen LogP contribution in [-0.2, 0) is 9.53 Å². The molecule has 8 heteroatoms. The molecule has 29 heavy (non-hydrogen) atoms. The average molecular weight is 411 g/mol. The Bertz CT molecular complexity index is 1180. The molecule has 0 saturated heterocycles. The molecule has 1 aromatic heterocycles. The fourth-order valence-electron chi connectivity index (χ4n) is 2.64. The Kier molecular flexibility index (Phi) is 5.71. The van der Waals surface area contributed by atoms with E-state index in [9.17, 15) is 14.0 Å². The molecule has 0 unspecified atom stereocenters. The second kappa shape index (κ2) is 8.05. The van der Waals surface area contributed by atoms with Crippen molar-refractivity contribution in [1.29, 1.82) is 5.26 Å². The highest BCUT2D eigenvalue weighted by Gasteiger charge is 2.19. The predicted molar refractivity (Wildman–Crippen MR) is 109 cm³/mol. The second-order valence-corrected chi connectivity index (χ2v) is 8.17. The van der Waals surface area contributed by atoms with Crippen molar-refractivity contribution in [2.24, 2.45) is 0 Å². The number of thioether (sulfide) groups is 1. The van der Waals surface area contributed by atoms with Gasteiger partial charge in [0, 0.05) is 0 Å². The van der Waals surface area contributed by atoms with Crippen molar-refractivity contribution >= 4 is 28.6 Å². The molecule has 3 aromatic rings. The maximum Gasteiger partial charge on any atom is 0.316 e. The highest BCUT2D eigenvalue weighted by Crippen LogP contribution is 2.23. The molecule has 1 heterocycles. The van der Waals surface area contributed by atoms with Crippen LogP contribution >= 0.6 is 11.8 Å². The Labute approximate surface area is 170 Å². The van der Waals surface area contributed by atoms with Gasteiger partial charge in [0.15, 0.2) is 5.16 Å². The number of nitriles is 1. The fraction of sp³-hybridized carbons (Fsp3) is 0.238. The Balaban J connectivity index is 2.10. The topological polar surface area (TPSA) is 85.0 Å². The van der Waals surface area contributed by atoms with Crippen LogP contribution in [0.4, 0.5) is 4.39 Å². The van der Waals surface area contributed by atoms with E-state index in [4.69, 9.17) is 10.00 Å². The molecule has 0 amide bonds. The molecular weight excluding hydrogens is 393 g/mol. The molecule has 0 spiro atoms. The van der Waals surface area contributed by atoms with Gasteiger partial charge in [-0.2, -0.15) is 5.26 Å². The molecule has 148 valence electrons. The van der Waals surface area contributed by atoms with Crippen LogP contribution in [0.15, 0.2) is 52.4 Å². The maximum atomic E-state index is 13.4. The van der Waals surface area contributed by atoms with Gasteiger partial charge in [0.2, 0.25) is 0 Å². The molecule has 0 radical (unpaired) electrons. The summed E-state index contributed by atoms with van der Waals surface area (Å²) in [6, 6.07) is 12.0. The first-order chi connectivity index (χ1) is 13.7. The number of benzene rings is 2. The van der Waals surface area contributed by atoms with Gasteiger partial charge in [-0.1, -0.05) is 11.8 Å². The summed E-state index contributed by atoms with van der Waals surface area (Å²) in [6.45, 7) is 5.30. The minimum absolute atomic E-state index is 0.0612. The lowest BCUT2D eigenvalue weighted by Crippen LogP contribution is -2.26. The third-order valence-corrected chi connectivity index (χ3v) is 4.70. The van der Waals surface area contributed by atoms with E-state index >= 15 is 0 Å². The molecule has 0 saturated carbocycles. The van der Waals surface area contributed by atoms with Crippen LogP contribution in [-0.4, -0.2) is 26.9 Å². The van der Waals surface area contributed by atoms with Crippen LogP contribution in [0.2, 0.25) is 0 Å². The molecule has 0 aliphatic heterocycles. The Morgan fingerprint density at radius 2 is 1.93 bits per heavy atom. The zero-order valence-corrected chi connectivity index (χ0v) is 16.9. The largest absolute Gasteiger partial charge is 0.459 e. The Morgan fingerprint density at radius 1 is 1.24 bits per heavy atom. The quantitative estimate of drug-likeness (QED) is 0.369. The number of ether oxygens (including phenoxy) is 1. The van der Waals surface area contributed by atoms with Gasteiger partial charge in [-0.15, -0.1) is 0 Å². The molecule has 6 nitrogen and oxygen atoms in total. The second-order valence-electron chi connectivity index (χ2n) is 7.23. The Hall–Kier alpha value is -3.18. The van der Waals surface area contributed by atoms with Crippen molar-refractivity contribution < 1.29 is 13.9 Å². The van der Waals surface area contributed by atoms with Gasteiger partial charge in [-0.3, -0.25) is 14.2 Å². The summed E-state index contributed by atoms with van der Waals surface area (Å²) in [5.41, 5.74) is 0.123. The fourth-order valence-corrected chi connectivity index (χ4v) is 3.43. The summed E-state index contributed by atoms with van der Waals surface area (Å²) in [5.74, 6) is -0.945. The highest BCUT2D eigenvalue weighted by atomic mass is 32.2. The van der Waals surface area contributed by atoms with Crippen molar-refractivity contribution in [3.63, 3.8) is 0 Å². The first-order valence-corrected chi connectivity index (χ1v) is 9.74. The lowest BCUT2D eigenvalue weighted by Gasteiger charge is -2.19. The van der Waals surface area contributed by atoms with E-state index in [0.29, 0.717) is 22.2 Å². The number of carbonyl (C=O) groups is 1. The first-order valence-electron chi connectivity index (χ1n) is 8.75. The maximum absolute atomic E-state index is 13.4. The molecule has 2 aromatic carbocycles. The number of esters is 1. The molecule has 0 atom stereocenters. The van der Waals surface area contributed by atoms with Crippen LogP contribution in [0, 0.1) is 17.1 Å². The van der Waals surface area contributed by atoms with Gasteiger partial charge < -0.3 is 4.74 Å². The van der Waals surface area contributed by atoms with E-state index in [1.807, 2.05) is 6.07 Å². The van der Waals surface area contributed by atoms with Crippen LogP contribution in [0.3, 0.4) is 0 Å². The lowest BCUT2D eigenvalue weighted by molar-refractivity contribution is -0.151. The first kappa shape index (κ1) is 20.6. The number of halogens is 1. The van der Waals surface area contributed by atoms with Gasteiger partial charge in [0.1, 0.15) is 11.4 Å². The summed E-state index contributed by atoms with van der Waals surface area (Å²) in [5, 5.41) is 9.68. The van der Waals surface area contributed by atoms with Gasteiger partial charge in [-0.05, 0) is 63.2 Å². The average Bonchev–Trinajstić information content (AvgIpc) is 2.65. The van der Waals surface area contributed by atoms with Crippen molar-refractivity contribution in [1.82, 2.24) is 9.55 Å². The van der Waals surface area contributed by atoms with E-state index in [0.717, 1.165) is 11.8 Å². The third-order valence-electron chi connectivity index (χ3n) is 3.79. The summed E-state index contributed by atoms with van der Waals surface area (Å²) < 4.78 is 20.0. The number of carbonyl (C=O) groups excluding carboxylic acids is 1. The normalized spacial score (nSPS) is 11.3. The number of hydrogen-bond acceptors (Lipinski definition) is 6. The molecular formula is C21H18FN3O3S. The van der Waals surface area contributed by atoms with Crippen LogP contribution < -0.4 is 5.56 Å². The van der Waals surface area contributed by atoms with Gasteiger partial charge in [0.05, 0.1) is 34.0 Å². The summed E-state index contributed by atoms with van der Waals surface area (Å²) in [4.78, 5) is 29.7. The third kappa shape index (κ3) is 4.81. The summed E-state index contributed by atoms with van der Waals surface area (Å²) >= 11 is 1.04. The Morgan fingerprint density at radius 3 is 2.55 bits per heavy atom. The number of fused-ring (bicyclic) bond motifs is 1. The van der Waals surface area contributed by atoms with Crippen molar-refractivity contribution in [2.75, 3.05) is 5.75 Å². The summed E-state index contributed by atoms with van der Waals surface area (Å²) in [7, 11) is 0. The molecule has 3 rings (SSSR count). The van der Waals surface area contributed by atoms with Crippen molar-refractivity contribution in [3.05, 3.63) is 64.2 Å². The predicted octanol–water partition coefficient (Wildman–Crippen LogP) is 3.83. The zero-order chi connectivity index (χ0) is 21.2. The smallest absolute Gasteiger partial charge is 0.316 e. The van der Waals surface area contributed by atoms with Gasteiger partial charge in [-0.25, -0.2) is 9.37 Å². The number of aromatic nitrogens is 2. The molecule has 0 bridgehead atoms. The SMILES string of the molecule is CC(C)(C)OC(=O)CSc1nc2cc(C#N)ccc2c(=O)n1-c1ccc(F)cc1. The number of nitrogens with zero attached hydrogens (tertiary/aromatic N) is 3. The summed E-state index contributed by atoms with van der Waals surface area (Å²) in [6.07, 6.45) is 0. The van der Waals surface area contributed by atoms with E-state index in [2.05, 4.69) is 4.98 Å². The van der Waals surface area contributed by atoms with E-state index in [1.54, 1.807) is 20.8 Å². The highest BCUT2D eigenvalue weighted by molar-refractivity contribution is 7.99. The minimum Gasteiger partial charge on any atom is -0.459 e. The van der Waals surface area contributed by atoms with Crippen molar-refractivity contribution in [2.45, 2.75) is 31.5 Å².